The van der Waals surface area contributed by atoms with Crippen LogP contribution in [0, 0.1) is 6.92 Å². The monoisotopic (exact) mass is 405 g/mol. The fourth-order valence-electron chi connectivity index (χ4n) is 3.54. The van der Waals surface area contributed by atoms with Crippen molar-refractivity contribution in [2.45, 2.75) is 13.0 Å². The number of benzene rings is 2. The lowest BCUT2D eigenvalue weighted by Crippen LogP contribution is -2.26. The van der Waals surface area contributed by atoms with Crippen LogP contribution in [0.3, 0.4) is 0 Å². The Hall–Kier alpha value is -3.31. The smallest absolute Gasteiger partial charge is 0.279 e. The van der Waals surface area contributed by atoms with E-state index in [-0.39, 0.29) is 11.6 Å². The molecule has 0 fully saturated rings. The lowest BCUT2D eigenvalue weighted by Gasteiger charge is -2.14. The number of aromatic nitrogens is 3. The van der Waals surface area contributed by atoms with Crippen LogP contribution >= 0.6 is 11.6 Å². The molecule has 2 heterocycles. The number of pyridine rings is 1. The fraction of sp³-hybridized carbons (Fsp3) is 0.130. The molecule has 2 N–H and O–H groups in total. The Bertz CT molecular complexity index is 1170. The maximum absolute atomic E-state index is 13.5. The predicted octanol–water partition coefficient (Wildman–Crippen LogP) is 4.15. The van der Waals surface area contributed by atoms with Gasteiger partial charge in [-0.15, -0.1) is 0 Å². The van der Waals surface area contributed by atoms with Gasteiger partial charge in [0.2, 0.25) is 0 Å². The first-order valence-electron chi connectivity index (χ1n) is 9.39. The summed E-state index contributed by atoms with van der Waals surface area (Å²) in [7, 11) is 1.90. The van der Waals surface area contributed by atoms with E-state index in [1.807, 2.05) is 97.6 Å². The van der Waals surface area contributed by atoms with E-state index in [0.717, 1.165) is 22.8 Å². The molecule has 0 aliphatic heterocycles. The molecule has 29 heavy (non-hydrogen) atoms. The highest BCUT2D eigenvalue weighted by Gasteiger charge is 2.29. The number of aromatic amines is 1. The van der Waals surface area contributed by atoms with Crippen molar-refractivity contribution in [1.29, 1.82) is 0 Å². The second-order valence-corrected chi connectivity index (χ2v) is 7.32. The van der Waals surface area contributed by atoms with E-state index >= 15 is 0 Å². The summed E-state index contributed by atoms with van der Waals surface area (Å²) in [5.41, 5.74) is 3.31. The average Bonchev–Trinajstić information content (AvgIpc) is 2.97. The maximum atomic E-state index is 13.5. The van der Waals surface area contributed by atoms with Gasteiger partial charge in [0.25, 0.3) is 11.4 Å². The van der Waals surface area contributed by atoms with E-state index in [0.29, 0.717) is 10.6 Å². The number of para-hydroxylation sites is 1. The SMILES string of the molecule is Cc1c([C@@H](Nc2cccc[nH+]2)c2ccc(Cl)cc2)c(=O)n(-c2ccccc2)n1C. The molecule has 2 aromatic heterocycles. The van der Waals surface area contributed by atoms with Crippen molar-refractivity contribution in [2.75, 3.05) is 5.32 Å². The van der Waals surface area contributed by atoms with Gasteiger partial charge >= 0.3 is 0 Å². The van der Waals surface area contributed by atoms with Gasteiger partial charge in [0.05, 0.1) is 17.4 Å². The molecule has 0 spiro atoms. The minimum absolute atomic E-state index is 0.0559. The first-order chi connectivity index (χ1) is 14.1. The van der Waals surface area contributed by atoms with Crippen LogP contribution in [0.1, 0.15) is 22.9 Å². The first kappa shape index (κ1) is 19.0. The van der Waals surface area contributed by atoms with Crippen molar-refractivity contribution in [2.24, 2.45) is 7.05 Å². The van der Waals surface area contributed by atoms with Gasteiger partial charge in [-0.1, -0.05) is 48.0 Å². The lowest BCUT2D eigenvalue weighted by molar-refractivity contribution is -0.361. The van der Waals surface area contributed by atoms with Gasteiger partial charge in [-0.3, -0.25) is 14.8 Å². The summed E-state index contributed by atoms with van der Waals surface area (Å²) in [6.45, 7) is 1.97. The van der Waals surface area contributed by atoms with E-state index in [1.165, 1.54) is 0 Å². The van der Waals surface area contributed by atoms with Crippen molar-refractivity contribution < 1.29 is 4.98 Å². The number of anilines is 1. The molecule has 0 amide bonds. The summed E-state index contributed by atoms with van der Waals surface area (Å²) < 4.78 is 3.59. The van der Waals surface area contributed by atoms with Gasteiger partial charge in [-0.25, -0.2) is 9.67 Å². The van der Waals surface area contributed by atoms with Crippen LogP contribution in [0.2, 0.25) is 5.02 Å². The van der Waals surface area contributed by atoms with Crippen LogP contribution in [0.15, 0.2) is 83.8 Å². The van der Waals surface area contributed by atoms with E-state index in [9.17, 15) is 4.79 Å². The summed E-state index contributed by atoms with van der Waals surface area (Å²) >= 11 is 6.10. The fourth-order valence-corrected chi connectivity index (χ4v) is 3.66. The molecular formula is C23H22ClN4O+. The van der Waals surface area contributed by atoms with Gasteiger partial charge in [0.15, 0.2) is 6.04 Å². The third-order valence-electron chi connectivity index (χ3n) is 5.10. The number of hydrogen-bond acceptors (Lipinski definition) is 2. The Balaban J connectivity index is 1.89. The van der Waals surface area contributed by atoms with Crippen molar-refractivity contribution in [1.82, 2.24) is 9.36 Å². The van der Waals surface area contributed by atoms with Gasteiger partial charge in [0, 0.05) is 29.4 Å². The Morgan fingerprint density at radius 3 is 2.31 bits per heavy atom. The number of hydrogen-bond donors (Lipinski definition) is 1. The molecule has 0 radical (unpaired) electrons. The summed E-state index contributed by atoms with van der Waals surface area (Å²) in [5.74, 6) is 0.821. The summed E-state index contributed by atoms with van der Waals surface area (Å²) in [5, 5.41) is 4.14. The molecule has 0 saturated carbocycles. The number of nitrogens with one attached hydrogen (secondary N) is 2. The molecule has 0 saturated heterocycles. The van der Waals surface area contributed by atoms with Crippen molar-refractivity contribution in [3.63, 3.8) is 0 Å². The minimum Gasteiger partial charge on any atom is -0.285 e. The van der Waals surface area contributed by atoms with Crippen molar-refractivity contribution >= 4 is 17.4 Å². The van der Waals surface area contributed by atoms with Gasteiger partial charge < -0.3 is 0 Å². The van der Waals surface area contributed by atoms with Crippen molar-refractivity contribution in [3.05, 3.63) is 111 Å². The zero-order valence-electron chi connectivity index (χ0n) is 16.3. The highest BCUT2D eigenvalue weighted by molar-refractivity contribution is 6.30. The van der Waals surface area contributed by atoms with E-state index in [2.05, 4.69) is 10.3 Å². The predicted molar refractivity (Wildman–Crippen MR) is 116 cm³/mol. The minimum atomic E-state index is -0.338. The number of H-pyrrole nitrogens is 1. The van der Waals surface area contributed by atoms with E-state index < -0.39 is 0 Å². The Morgan fingerprint density at radius 1 is 0.966 bits per heavy atom. The van der Waals surface area contributed by atoms with E-state index in [1.54, 1.807) is 4.68 Å². The molecule has 4 rings (SSSR count). The van der Waals surface area contributed by atoms with Crippen molar-refractivity contribution in [3.8, 4) is 5.69 Å². The third-order valence-corrected chi connectivity index (χ3v) is 5.35. The molecule has 2 aromatic carbocycles. The quantitative estimate of drug-likeness (QED) is 0.542. The summed E-state index contributed by atoms with van der Waals surface area (Å²) in [6.07, 6.45) is 1.85. The molecule has 0 unspecified atom stereocenters. The number of rotatable bonds is 5. The number of halogens is 1. The van der Waals surface area contributed by atoms with Gasteiger partial charge in [-0.2, -0.15) is 0 Å². The third kappa shape index (κ3) is 3.69. The second kappa shape index (κ2) is 7.97. The second-order valence-electron chi connectivity index (χ2n) is 6.88. The Labute approximate surface area is 174 Å². The topological polar surface area (TPSA) is 53.1 Å². The largest absolute Gasteiger partial charge is 0.285 e. The highest BCUT2D eigenvalue weighted by atomic mass is 35.5. The molecule has 0 aliphatic carbocycles. The molecule has 1 atom stereocenters. The summed E-state index contributed by atoms with van der Waals surface area (Å²) in [6, 6.07) is 22.7. The van der Waals surface area contributed by atoms with Crippen LogP contribution in [-0.2, 0) is 7.05 Å². The molecule has 5 nitrogen and oxygen atoms in total. The highest BCUT2D eigenvalue weighted by Crippen LogP contribution is 2.27. The zero-order valence-corrected chi connectivity index (χ0v) is 17.0. The van der Waals surface area contributed by atoms with Crippen LogP contribution in [-0.4, -0.2) is 9.36 Å². The molecule has 6 heteroatoms. The zero-order chi connectivity index (χ0) is 20.4. The molecule has 4 aromatic rings. The van der Waals surface area contributed by atoms with E-state index in [4.69, 9.17) is 11.6 Å². The molecule has 146 valence electrons. The van der Waals surface area contributed by atoms with Crippen LogP contribution in [0.25, 0.3) is 5.69 Å². The standard InChI is InChI=1S/C23H21ClN4O/c1-16-21(23(29)28(27(16)2)19-8-4-3-5-9-19)22(17-11-13-18(24)14-12-17)26-20-10-6-7-15-25-20/h3-15,22H,1-2H3,(H,25,26)/p+1/t22-/m0/s1. The Kier molecular flexibility index (Phi) is 5.23. The van der Waals surface area contributed by atoms with Gasteiger partial charge in [-0.05, 0) is 37.3 Å². The van der Waals surface area contributed by atoms with Crippen LogP contribution < -0.4 is 15.9 Å². The lowest BCUT2D eigenvalue weighted by atomic mass is 9.99. The molecule has 0 bridgehead atoms. The summed E-state index contributed by atoms with van der Waals surface area (Å²) in [4.78, 5) is 16.7. The normalized spacial score (nSPS) is 12.0. The molecular weight excluding hydrogens is 384 g/mol. The van der Waals surface area contributed by atoms with Gasteiger partial charge in [0.1, 0.15) is 0 Å². The first-order valence-corrected chi connectivity index (χ1v) is 9.76. The number of nitrogens with zero attached hydrogens (tertiary/aromatic N) is 2. The Morgan fingerprint density at radius 2 is 1.66 bits per heavy atom. The maximum Gasteiger partial charge on any atom is 0.279 e. The molecule has 0 aliphatic rings. The van der Waals surface area contributed by atoms with Crippen LogP contribution in [0.5, 0.6) is 0 Å². The van der Waals surface area contributed by atoms with Crippen LogP contribution in [0.4, 0.5) is 5.82 Å². The average molecular weight is 406 g/mol.